The van der Waals surface area contributed by atoms with Crippen LogP contribution in [0.4, 0.5) is 0 Å². The van der Waals surface area contributed by atoms with E-state index in [2.05, 4.69) is 16.7 Å². The number of rotatable bonds is 7. The molecular weight excluding hydrogens is 857 g/mol. The van der Waals surface area contributed by atoms with Crippen LogP contribution in [0.3, 0.4) is 0 Å². The number of fused-ring (bicyclic) bond motifs is 2. The van der Waals surface area contributed by atoms with E-state index < -0.39 is 75.8 Å². The topological polar surface area (TPSA) is 218 Å². The number of nitrogens with one attached hydrogen (secondary N) is 2. The van der Waals surface area contributed by atoms with Gasteiger partial charge in [0, 0.05) is 35.3 Å². The van der Waals surface area contributed by atoms with E-state index in [4.69, 9.17) is 9.47 Å². The third-order valence-corrected chi connectivity index (χ3v) is 19.5. The average Bonchev–Trinajstić information content (AvgIpc) is 3.62. The van der Waals surface area contributed by atoms with Crippen molar-refractivity contribution in [3.63, 3.8) is 0 Å². The van der Waals surface area contributed by atoms with Crippen LogP contribution in [0.15, 0.2) is 89.0 Å². The van der Waals surface area contributed by atoms with E-state index in [0.717, 1.165) is 42.6 Å². The molecule has 64 heavy (non-hydrogen) atoms. The molecule has 3 saturated carbocycles. The van der Waals surface area contributed by atoms with E-state index in [9.17, 15) is 35.7 Å². The number of benzene rings is 2. The molecule has 13 atom stereocenters. The van der Waals surface area contributed by atoms with Crippen LogP contribution < -0.4 is 15.4 Å². The number of ketones is 2. The highest BCUT2D eigenvalue weighted by Crippen LogP contribution is 2.72. The summed E-state index contributed by atoms with van der Waals surface area (Å²) in [4.78, 5) is 31.1. The first-order valence-corrected chi connectivity index (χ1v) is 25.2. The molecule has 4 fully saturated rings. The van der Waals surface area contributed by atoms with Gasteiger partial charge in [-0.05, 0) is 115 Å². The Labute approximate surface area is 379 Å². The number of carbonyl (C=O) groups is 2. The van der Waals surface area contributed by atoms with Gasteiger partial charge in [-0.25, -0.2) is 0 Å². The highest BCUT2D eigenvalue weighted by molar-refractivity contribution is 8.76. The number of aliphatic hydroxyl groups excluding tert-OH is 6. The van der Waals surface area contributed by atoms with Gasteiger partial charge < -0.3 is 55.9 Å². The largest absolute Gasteiger partial charge is 0.511 e. The zero-order valence-corrected chi connectivity index (χ0v) is 37.1. The number of dihydropyridines is 1. The summed E-state index contributed by atoms with van der Waals surface area (Å²) >= 11 is 0. The van der Waals surface area contributed by atoms with Gasteiger partial charge in [0.1, 0.15) is 40.3 Å². The number of aliphatic hydroxyl groups is 7. The smallest absolute Gasteiger partial charge is 0.229 e. The summed E-state index contributed by atoms with van der Waals surface area (Å²) in [5, 5.41) is 88.9. The Morgan fingerprint density at radius 3 is 2.62 bits per heavy atom. The lowest BCUT2D eigenvalue weighted by Gasteiger charge is -2.65. The van der Waals surface area contributed by atoms with Crippen molar-refractivity contribution in [3.05, 3.63) is 111 Å². The molecule has 340 valence electrons. The molecule has 0 radical (unpaired) electrons. The lowest BCUT2D eigenvalue weighted by atomic mass is 9.47. The van der Waals surface area contributed by atoms with Crippen LogP contribution in [0.1, 0.15) is 83.2 Å². The monoisotopic (exact) mass is 912 g/mol. The molecular formula is C49H56N2O11S2. The molecule has 0 aromatic heterocycles. The van der Waals surface area contributed by atoms with Crippen molar-refractivity contribution in [1.29, 1.82) is 0 Å². The summed E-state index contributed by atoms with van der Waals surface area (Å²) < 4.78 is 13.2. The molecule has 3 heterocycles. The summed E-state index contributed by atoms with van der Waals surface area (Å²) in [6.45, 7) is -0.398. The van der Waals surface area contributed by atoms with Gasteiger partial charge in [-0.3, -0.25) is 9.59 Å². The molecule has 0 amide bonds. The standard InChI is InChI=1S/C49H56N2O11S2/c52-12-4-10-37-48-34(15-27(16-36(48)55)14-25-5-1-6-26(13-25)22-53)40(56)31-8-2-9-35(39(31)42(48)57)61-44-43(58)49(60)41-29(20-46(23-54,62-44)45(49)59)17-28-18-30-7-3-11-47(30,41)33-19-38(50-21-32(28)33)51-24-63-64-37/h1-2,5-6,8-9,13,15-16,19,28-30,34,37,41,43-45,50-55,58-60H,3-4,7,10-12,14,17-18,20-24H2. The van der Waals surface area contributed by atoms with Crippen molar-refractivity contribution in [2.45, 2.75) is 99.3 Å². The summed E-state index contributed by atoms with van der Waals surface area (Å²) in [5.74, 6) is -1.80. The molecule has 3 aliphatic heterocycles. The predicted molar refractivity (Wildman–Crippen MR) is 239 cm³/mol. The van der Waals surface area contributed by atoms with E-state index >= 15 is 9.59 Å². The van der Waals surface area contributed by atoms with Gasteiger partial charge in [0.2, 0.25) is 6.29 Å². The zero-order chi connectivity index (χ0) is 44.3. The van der Waals surface area contributed by atoms with Gasteiger partial charge in [-0.1, -0.05) is 70.5 Å². The van der Waals surface area contributed by atoms with E-state index in [0.29, 0.717) is 36.4 Å². The Morgan fingerprint density at radius 1 is 0.984 bits per heavy atom. The average molecular weight is 913 g/mol. The Bertz CT molecular complexity index is 2420. The van der Waals surface area contributed by atoms with Gasteiger partial charge in [-0.15, -0.1) is 0 Å². The van der Waals surface area contributed by atoms with Crippen molar-refractivity contribution >= 4 is 33.2 Å². The van der Waals surface area contributed by atoms with Crippen LogP contribution in [0.25, 0.3) is 0 Å². The van der Waals surface area contributed by atoms with E-state index in [1.54, 1.807) is 24.3 Å². The van der Waals surface area contributed by atoms with Gasteiger partial charge in [0.05, 0.1) is 36.4 Å². The highest BCUT2D eigenvalue weighted by atomic mass is 33.1. The first-order chi connectivity index (χ1) is 30.9. The maximum Gasteiger partial charge on any atom is 0.229 e. The number of allylic oxidation sites excluding steroid dienone is 6. The van der Waals surface area contributed by atoms with Gasteiger partial charge in [0.15, 0.2) is 11.6 Å². The molecule has 1 saturated heterocycles. The molecule has 2 spiro atoms. The van der Waals surface area contributed by atoms with Crippen LogP contribution in [0, 0.1) is 40.4 Å². The molecule has 2 aromatic rings. The fourth-order valence-corrected chi connectivity index (χ4v) is 17.2. The Kier molecular flexibility index (Phi) is 10.6. The van der Waals surface area contributed by atoms with Crippen molar-refractivity contribution in [2.75, 3.05) is 25.6 Å². The highest BCUT2D eigenvalue weighted by Gasteiger charge is 2.76. The van der Waals surface area contributed by atoms with Crippen molar-refractivity contribution < 1.29 is 54.8 Å². The first-order valence-electron chi connectivity index (χ1n) is 22.8. The third-order valence-electron chi connectivity index (χ3n) is 16.8. The zero-order valence-electron chi connectivity index (χ0n) is 35.4. The normalized spacial score (nSPS) is 40.5. The molecule has 13 unspecified atom stereocenters. The van der Waals surface area contributed by atoms with Gasteiger partial charge >= 0.3 is 0 Å². The number of ether oxygens (including phenoxy) is 2. The van der Waals surface area contributed by atoms with Crippen molar-refractivity contribution in [1.82, 2.24) is 10.6 Å². The predicted octanol–water partition coefficient (Wildman–Crippen LogP) is 4.37. The lowest BCUT2D eigenvalue weighted by molar-refractivity contribution is -0.392. The van der Waals surface area contributed by atoms with Crippen LogP contribution >= 0.6 is 21.6 Å². The number of hydrogen-bond acceptors (Lipinski definition) is 15. The molecule has 2 aromatic carbocycles. The SMILES string of the molecule is O=C1c2cccc3c2C(=O)C2(C(O)=CC(Cc4cccc(CO)c4)=CC12)C(CCCO)SSCNC1=CC2=C(CN1)C1CC4CC5(CO)OC(O3)C(O)C(O)(C5O)C4C23CCCC3C1. The fraction of sp³-hybridized carbons (Fsp3) is 0.551. The molecule has 7 aliphatic carbocycles. The second-order valence-electron chi connectivity index (χ2n) is 19.7. The van der Waals surface area contributed by atoms with E-state index in [1.165, 1.54) is 33.2 Å². The van der Waals surface area contributed by atoms with Gasteiger partial charge in [-0.2, -0.15) is 0 Å². The molecule has 12 rings (SSSR count). The van der Waals surface area contributed by atoms with Crippen molar-refractivity contribution in [3.8, 4) is 5.75 Å². The summed E-state index contributed by atoms with van der Waals surface area (Å²) in [6.07, 6.45) is 5.66. The molecule has 9 N–H and O–H groups in total. The molecule has 15 heteroatoms. The number of Topliss-reactive ketones (excluding diaryl/α,β-unsaturated/α-hetero) is 2. The minimum absolute atomic E-state index is 0.0604. The summed E-state index contributed by atoms with van der Waals surface area (Å²) in [7, 11) is 2.84. The van der Waals surface area contributed by atoms with Crippen LogP contribution in [-0.4, -0.2) is 108 Å². The second kappa shape index (κ2) is 15.7. The van der Waals surface area contributed by atoms with Crippen LogP contribution in [0.2, 0.25) is 0 Å². The van der Waals surface area contributed by atoms with Gasteiger partial charge in [0.25, 0.3) is 0 Å². The number of carbonyl (C=O) groups excluding carboxylic acids is 2. The Hall–Kier alpha value is -3.64. The van der Waals surface area contributed by atoms with Crippen molar-refractivity contribution in [2.24, 2.45) is 40.4 Å². The fourth-order valence-electron chi connectivity index (χ4n) is 14.4. The Balaban J connectivity index is 1.08. The second-order valence-corrected chi connectivity index (χ2v) is 22.3. The Morgan fingerprint density at radius 2 is 1.81 bits per heavy atom. The molecule has 10 aliphatic rings. The quantitative estimate of drug-likeness (QED) is 0.176. The molecule has 10 bridgehead atoms. The lowest BCUT2D eigenvalue weighted by Crippen LogP contribution is -2.81. The number of hydrogen-bond donors (Lipinski definition) is 9. The first kappa shape index (κ1) is 43.0. The third kappa shape index (κ3) is 5.90. The summed E-state index contributed by atoms with van der Waals surface area (Å²) in [5.41, 5.74) is -1.78. The minimum atomic E-state index is -2.21. The summed E-state index contributed by atoms with van der Waals surface area (Å²) in [6, 6.07) is 12.0. The van der Waals surface area contributed by atoms with E-state index in [-0.39, 0.29) is 72.9 Å². The van der Waals surface area contributed by atoms with Crippen LogP contribution in [0.5, 0.6) is 5.75 Å². The van der Waals surface area contributed by atoms with Crippen LogP contribution in [-0.2, 0) is 17.8 Å². The molecule has 13 nitrogen and oxygen atoms in total. The maximum atomic E-state index is 15.8. The van der Waals surface area contributed by atoms with E-state index in [1.807, 2.05) is 24.3 Å². The minimum Gasteiger partial charge on any atom is -0.511 e. The maximum absolute atomic E-state index is 15.8.